The lowest BCUT2D eigenvalue weighted by Gasteiger charge is -1.91. The van der Waals surface area contributed by atoms with Crippen LogP contribution in [0.3, 0.4) is 0 Å². The van der Waals surface area contributed by atoms with Crippen LogP contribution in [0.1, 0.15) is 9.67 Å². The molecule has 5 heteroatoms. The minimum absolute atomic E-state index is 0.410. The zero-order chi connectivity index (χ0) is 10.3. The fraction of sp³-hybridized carbons (Fsp3) is 0. The maximum Gasteiger partial charge on any atom is 0.347 e. The van der Waals surface area contributed by atoms with E-state index in [0.717, 1.165) is 18.1 Å². The molecule has 0 saturated heterocycles. The van der Waals surface area contributed by atoms with E-state index >= 15 is 0 Å². The van der Waals surface area contributed by atoms with Crippen molar-refractivity contribution in [2.45, 2.75) is 0 Å². The van der Waals surface area contributed by atoms with Crippen LogP contribution in [0.25, 0.3) is 10.1 Å². The summed E-state index contributed by atoms with van der Waals surface area (Å²) in [7, 11) is 0. The standard InChI is InChI=1S/C9H4BrIO2S/c10-5-3-1-2-4-6(11)8(9(12)13)14-7(4)5/h1-3H,(H,12,13). The zero-order valence-corrected chi connectivity index (χ0v) is 11.3. The van der Waals surface area contributed by atoms with Crippen molar-refractivity contribution in [3.8, 4) is 0 Å². The van der Waals surface area contributed by atoms with Crippen molar-refractivity contribution < 1.29 is 9.90 Å². The number of rotatable bonds is 1. The van der Waals surface area contributed by atoms with Crippen LogP contribution < -0.4 is 0 Å². The van der Waals surface area contributed by atoms with Crippen molar-refractivity contribution in [1.29, 1.82) is 0 Å². The van der Waals surface area contributed by atoms with Gasteiger partial charge in [-0.25, -0.2) is 4.79 Å². The molecule has 0 unspecified atom stereocenters. The van der Waals surface area contributed by atoms with Crippen LogP contribution >= 0.6 is 49.9 Å². The van der Waals surface area contributed by atoms with E-state index < -0.39 is 5.97 Å². The molecule has 1 aromatic heterocycles. The molecule has 0 aliphatic heterocycles. The summed E-state index contributed by atoms with van der Waals surface area (Å²) >= 11 is 6.79. The second kappa shape index (κ2) is 3.79. The number of benzene rings is 1. The summed E-state index contributed by atoms with van der Waals surface area (Å²) in [5, 5.41) is 9.95. The highest BCUT2D eigenvalue weighted by atomic mass is 127. The van der Waals surface area contributed by atoms with Crippen LogP contribution in [-0.2, 0) is 0 Å². The third kappa shape index (κ3) is 1.57. The molecule has 2 aromatic rings. The molecule has 0 atom stereocenters. The van der Waals surface area contributed by atoms with Gasteiger partial charge in [-0.3, -0.25) is 0 Å². The minimum Gasteiger partial charge on any atom is -0.477 e. The Morgan fingerprint density at radius 3 is 2.79 bits per heavy atom. The highest BCUT2D eigenvalue weighted by Crippen LogP contribution is 2.36. The quantitative estimate of drug-likeness (QED) is 0.758. The van der Waals surface area contributed by atoms with Crippen molar-refractivity contribution in [2.24, 2.45) is 0 Å². The molecule has 2 rings (SSSR count). The van der Waals surface area contributed by atoms with Crippen molar-refractivity contribution in [1.82, 2.24) is 0 Å². The SMILES string of the molecule is O=C(O)c1sc2c(Br)cccc2c1I. The molecule has 0 radical (unpaired) electrons. The Bertz CT molecular complexity index is 521. The lowest BCUT2D eigenvalue weighted by molar-refractivity contribution is 0.0701. The van der Waals surface area contributed by atoms with E-state index in [1.165, 1.54) is 11.3 Å². The predicted octanol–water partition coefficient (Wildman–Crippen LogP) is 3.97. The number of fused-ring (bicyclic) bond motifs is 1. The Morgan fingerprint density at radius 1 is 1.50 bits per heavy atom. The number of carboxylic acids is 1. The Morgan fingerprint density at radius 2 is 2.21 bits per heavy atom. The summed E-state index contributed by atoms with van der Waals surface area (Å²) in [6, 6.07) is 5.76. The van der Waals surface area contributed by atoms with E-state index in [9.17, 15) is 4.79 Å². The van der Waals surface area contributed by atoms with Gasteiger partial charge in [-0.1, -0.05) is 12.1 Å². The largest absolute Gasteiger partial charge is 0.477 e. The summed E-state index contributed by atoms with van der Waals surface area (Å²) in [6.07, 6.45) is 0. The summed E-state index contributed by atoms with van der Waals surface area (Å²) in [5.41, 5.74) is 0. The van der Waals surface area contributed by atoms with Crippen molar-refractivity contribution in [3.63, 3.8) is 0 Å². The van der Waals surface area contributed by atoms with E-state index in [1.54, 1.807) is 0 Å². The van der Waals surface area contributed by atoms with Crippen LogP contribution in [-0.4, -0.2) is 11.1 Å². The average molecular weight is 383 g/mol. The number of aromatic carboxylic acids is 1. The number of thiophene rings is 1. The minimum atomic E-state index is -0.859. The smallest absolute Gasteiger partial charge is 0.347 e. The number of halogens is 2. The fourth-order valence-electron chi connectivity index (χ4n) is 1.19. The summed E-state index contributed by atoms with van der Waals surface area (Å²) in [4.78, 5) is 11.3. The Balaban J connectivity index is 2.86. The first-order valence-corrected chi connectivity index (χ1v) is 6.40. The van der Waals surface area contributed by atoms with Gasteiger partial charge in [0, 0.05) is 13.4 Å². The molecule has 0 bridgehead atoms. The molecule has 0 aliphatic rings. The fourth-order valence-corrected chi connectivity index (χ4v) is 3.93. The lowest BCUT2D eigenvalue weighted by atomic mass is 10.2. The van der Waals surface area contributed by atoms with E-state index in [2.05, 4.69) is 38.5 Å². The molecule has 2 nitrogen and oxygen atoms in total. The number of carboxylic acid groups (broad SMARTS) is 1. The molecular formula is C9H4BrIO2S. The summed E-state index contributed by atoms with van der Waals surface area (Å²) in [5.74, 6) is -0.859. The Labute approximate surface area is 106 Å². The van der Waals surface area contributed by atoms with Crippen LogP contribution in [0, 0.1) is 3.57 Å². The van der Waals surface area contributed by atoms with Gasteiger partial charge in [0.2, 0.25) is 0 Å². The molecule has 1 aromatic carbocycles. The Kier molecular flexibility index (Phi) is 2.81. The first kappa shape index (κ1) is 10.4. The highest BCUT2D eigenvalue weighted by molar-refractivity contribution is 14.1. The van der Waals surface area contributed by atoms with Crippen LogP contribution in [0.5, 0.6) is 0 Å². The predicted molar refractivity (Wildman–Crippen MR) is 69.2 cm³/mol. The van der Waals surface area contributed by atoms with Crippen molar-refractivity contribution in [3.05, 3.63) is 31.1 Å². The molecule has 1 heterocycles. The highest BCUT2D eigenvalue weighted by Gasteiger charge is 2.16. The zero-order valence-electron chi connectivity index (χ0n) is 6.75. The maximum absolute atomic E-state index is 10.9. The molecule has 1 N–H and O–H groups in total. The normalized spacial score (nSPS) is 10.7. The van der Waals surface area contributed by atoms with Gasteiger partial charge >= 0.3 is 5.97 Å². The molecule has 72 valence electrons. The first-order valence-electron chi connectivity index (χ1n) is 3.71. The van der Waals surface area contributed by atoms with E-state index in [4.69, 9.17) is 5.11 Å². The van der Waals surface area contributed by atoms with Crippen molar-refractivity contribution in [2.75, 3.05) is 0 Å². The van der Waals surface area contributed by atoms with Crippen LogP contribution in [0.4, 0.5) is 0 Å². The lowest BCUT2D eigenvalue weighted by Crippen LogP contribution is -1.93. The van der Waals surface area contributed by atoms with Gasteiger partial charge in [-0.05, 0) is 44.6 Å². The van der Waals surface area contributed by atoms with E-state index in [-0.39, 0.29) is 0 Å². The summed E-state index contributed by atoms with van der Waals surface area (Å²) < 4.78 is 2.76. The second-order valence-electron chi connectivity index (χ2n) is 2.67. The summed E-state index contributed by atoms with van der Waals surface area (Å²) in [6.45, 7) is 0. The van der Waals surface area contributed by atoms with Gasteiger partial charge in [-0.2, -0.15) is 0 Å². The monoisotopic (exact) mass is 382 g/mol. The number of carbonyl (C=O) groups is 1. The van der Waals surface area contributed by atoms with E-state index in [1.807, 2.05) is 18.2 Å². The molecule has 14 heavy (non-hydrogen) atoms. The van der Waals surface area contributed by atoms with E-state index in [0.29, 0.717) is 4.88 Å². The van der Waals surface area contributed by atoms with Gasteiger partial charge in [0.25, 0.3) is 0 Å². The van der Waals surface area contributed by atoms with Crippen LogP contribution in [0.15, 0.2) is 22.7 Å². The second-order valence-corrected chi connectivity index (χ2v) is 5.62. The Hall–Kier alpha value is -0.140. The number of hydrogen-bond donors (Lipinski definition) is 1. The van der Waals surface area contributed by atoms with Gasteiger partial charge < -0.3 is 5.11 Å². The topological polar surface area (TPSA) is 37.3 Å². The molecule has 0 fully saturated rings. The maximum atomic E-state index is 10.9. The third-order valence-corrected chi connectivity index (χ3v) is 5.44. The van der Waals surface area contributed by atoms with Gasteiger partial charge in [0.1, 0.15) is 4.88 Å². The van der Waals surface area contributed by atoms with Gasteiger partial charge in [-0.15, -0.1) is 11.3 Å². The molecule has 0 aliphatic carbocycles. The molecule has 0 amide bonds. The van der Waals surface area contributed by atoms with Crippen molar-refractivity contribution >= 4 is 65.9 Å². The van der Waals surface area contributed by atoms with Gasteiger partial charge in [0.05, 0.1) is 4.70 Å². The first-order chi connectivity index (χ1) is 6.61. The molecule has 0 saturated carbocycles. The third-order valence-electron chi connectivity index (χ3n) is 1.80. The molecular weight excluding hydrogens is 379 g/mol. The molecule has 0 spiro atoms. The number of hydrogen-bond acceptors (Lipinski definition) is 2. The average Bonchev–Trinajstić information content (AvgIpc) is 2.46. The van der Waals surface area contributed by atoms with Gasteiger partial charge in [0.15, 0.2) is 0 Å². The van der Waals surface area contributed by atoms with Crippen LogP contribution in [0.2, 0.25) is 0 Å².